The van der Waals surface area contributed by atoms with Crippen LogP contribution in [0.2, 0.25) is 0 Å². The Morgan fingerprint density at radius 1 is 1.21 bits per heavy atom. The van der Waals surface area contributed by atoms with E-state index in [1.165, 1.54) is 0 Å². The highest BCUT2D eigenvalue weighted by molar-refractivity contribution is 5.76. The number of para-hydroxylation sites is 1. The van der Waals surface area contributed by atoms with Crippen molar-refractivity contribution < 1.29 is 9.53 Å². The molecular weight excluding hydrogens is 240 g/mol. The molecule has 0 spiro atoms. The maximum atomic E-state index is 11.6. The van der Waals surface area contributed by atoms with Gasteiger partial charge in [0.15, 0.2) is 0 Å². The number of hydrogen-bond donors (Lipinski definition) is 2. The molecule has 0 aromatic heterocycles. The van der Waals surface area contributed by atoms with Crippen molar-refractivity contribution in [1.29, 1.82) is 0 Å². The van der Waals surface area contributed by atoms with Gasteiger partial charge in [0, 0.05) is 19.5 Å². The number of rotatable bonds is 9. The molecule has 0 aliphatic rings. The number of hydrogen-bond acceptors (Lipinski definition) is 3. The van der Waals surface area contributed by atoms with Gasteiger partial charge in [-0.25, -0.2) is 0 Å². The number of amides is 1. The summed E-state index contributed by atoms with van der Waals surface area (Å²) in [6.07, 6.45) is 2.42. The normalized spacial score (nSPS) is 10.2. The molecule has 106 valence electrons. The SMILES string of the molecule is CCCNCCC(=O)NCCc1ccccc1OC. The van der Waals surface area contributed by atoms with E-state index in [9.17, 15) is 4.79 Å². The third-order valence-electron chi connectivity index (χ3n) is 2.86. The number of carbonyl (C=O) groups excluding carboxylic acids is 1. The van der Waals surface area contributed by atoms with Crippen molar-refractivity contribution in [3.63, 3.8) is 0 Å². The van der Waals surface area contributed by atoms with Crippen LogP contribution in [0.3, 0.4) is 0 Å². The topological polar surface area (TPSA) is 50.4 Å². The number of nitrogens with one attached hydrogen (secondary N) is 2. The van der Waals surface area contributed by atoms with E-state index >= 15 is 0 Å². The minimum Gasteiger partial charge on any atom is -0.496 e. The van der Waals surface area contributed by atoms with Crippen LogP contribution < -0.4 is 15.4 Å². The zero-order valence-corrected chi connectivity index (χ0v) is 11.9. The lowest BCUT2D eigenvalue weighted by Gasteiger charge is -2.09. The van der Waals surface area contributed by atoms with Crippen LogP contribution in [0.1, 0.15) is 25.3 Å². The summed E-state index contributed by atoms with van der Waals surface area (Å²) in [6.45, 7) is 4.47. The second-order valence-corrected chi connectivity index (χ2v) is 4.41. The number of methoxy groups -OCH3 is 1. The van der Waals surface area contributed by atoms with Crippen molar-refractivity contribution in [3.8, 4) is 5.75 Å². The average Bonchev–Trinajstić information content (AvgIpc) is 2.44. The third-order valence-corrected chi connectivity index (χ3v) is 2.86. The standard InChI is InChI=1S/C15H24N2O2/c1-3-10-16-11-9-15(18)17-12-8-13-6-4-5-7-14(13)19-2/h4-7,16H,3,8-12H2,1-2H3,(H,17,18). The summed E-state index contributed by atoms with van der Waals surface area (Å²) in [4.78, 5) is 11.6. The molecule has 0 fully saturated rings. The van der Waals surface area contributed by atoms with Gasteiger partial charge in [0.25, 0.3) is 0 Å². The number of carbonyl (C=O) groups is 1. The van der Waals surface area contributed by atoms with Crippen LogP contribution in [0.25, 0.3) is 0 Å². The number of benzene rings is 1. The zero-order chi connectivity index (χ0) is 13.9. The van der Waals surface area contributed by atoms with E-state index in [1.807, 2.05) is 24.3 Å². The van der Waals surface area contributed by atoms with E-state index < -0.39 is 0 Å². The van der Waals surface area contributed by atoms with Crippen LogP contribution in [0.4, 0.5) is 0 Å². The van der Waals surface area contributed by atoms with E-state index in [-0.39, 0.29) is 5.91 Å². The Labute approximate surface area is 115 Å². The molecule has 2 N–H and O–H groups in total. The fourth-order valence-electron chi connectivity index (χ4n) is 1.84. The smallest absolute Gasteiger partial charge is 0.221 e. The second-order valence-electron chi connectivity index (χ2n) is 4.41. The summed E-state index contributed by atoms with van der Waals surface area (Å²) in [6, 6.07) is 7.88. The molecule has 0 unspecified atom stereocenters. The Hall–Kier alpha value is -1.55. The van der Waals surface area contributed by atoms with E-state index in [0.717, 1.165) is 37.2 Å². The first-order valence-electron chi connectivity index (χ1n) is 6.87. The lowest BCUT2D eigenvalue weighted by Crippen LogP contribution is -2.29. The van der Waals surface area contributed by atoms with Gasteiger partial charge < -0.3 is 15.4 Å². The van der Waals surface area contributed by atoms with E-state index in [4.69, 9.17) is 4.74 Å². The van der Waals surface area contributed by atoms with Gasteiger partial charge in [0.1, 0.15) is 5.75 Å². The third kappa shape index (κ3) is 6.25. The van der Waals surface area contributed by atoms with Gasteiger partial charge in [-0.3, -0.25) is 4.79 Å². The molecule has 0 aliphatic carbocycles. The molecule has 0 heterocycles. The Morgan fingerprint density at radius 3 is 2.74 bits per heavy atom. The lowest BCUT2D eigenvalue weighted by molar-refractivity contribution is -0.120. The molecule has 4 heteroatoms. The van der Waals surface area contributed by atoms with E-state index in [0.29, 0.717) is 13.0 Å². The first-order valence-corrected chi connectivity index (χ1v) is 6.87. The molecule has 0 bridgehead atoms. The maximum absolute atomic E-state index is 11.6. The zero-order valence-electron chi connectivity index (χ0n) is 11.9. The summed E-state index contributed by atoms with van der Waals surface area (Å²) < 4.78 is 5.27. The molecule has 0 aliphatic heterocycles. The Balaban J connectivity index is 2.20. The second kappa shape index (κ2) is 9.39. The Bertz CT molecular complexity index is 380. The molecule has 19 heavy (non-hydrogen) atoms. The van der Waals surface area contributed by atoms with Crippen LogP contribution in [0, 0.1) is 0 Å². The fourth-order valence-corrected chi connectivity index (χ4v) is 1.84. The van der Waals surface area contributed by atoms with Gasteiger partial charge in [-0.2, -0.15) is 0 Å². The van der Waals surface area contributed by atoms with Crippen LogP contribution in [0.5, 0.6) is 5.75 Å². The van der Waals surface area contributed by atoms with Crippen molar-refractivity contribution >= 4 is 5.91 Å². The van der Waals surface area contributed by atoms with Crippen molar-refractivity contribution in [2.75, 3.05) is 26.7 Å². The van der Waals surface area contributed by atoms with Gasteiger partial charge >= 0.3 is 0 Å². The van der Waals surface area contributed by atoms with Crippen LogP contribution in [0.15, 0.2) is 24.3 Å². The highest BCUT2D eigenvalue weighted by atomic mass is 16.5. The van der Waals surface area contributed by atoms with E-state index in [1.54, 1.807) is 7.11 Å². The molecule has 0 atom stereocenters. The Morgan fingerprint density at radius 2 is 2.00 bits per heavy atom. The average molecular weight is 264 g/mol. The highest BCUT2D eigenvalue weighted by Crippen LogP contribution is 2.17. The lowest BCUT2D eigenvalue weighted by atomic mass is 10.1. The summed E-state index contributed by atoms with van der Waals surface area (Å²) >= 11 is 0. The molecule has 1 amide bonds. The van der Waals surface area contributed by atoms with Crippen molar-refractivity contribution in [2.45, 2.75) is 26.2 Å². The first kappa shape index (κ1) is 15.5. The predicted octanol–water partition coefficient (Wildman–Crippen LogP) is 1.74. The monoisotopic (exact) mass is 264 g/mol. The van der Waals surface area contributed by atoms with Crippen molar-refractivity contribution in [2.24, 2.45) is 0 Å². The van der Waals surface area contributed by atoms with Gasteiger partial charge in [-0.05, 0) is 31.0 Å². The Kier molecular flexibility index (Phi) is 7.66. The molecule has 0 saturated heterocycles. The summed E-state index contributed by atoms with van der Waals surface area (Å²) in [5.74, 6) is 0.972. The molecule has 0 saturated carbocycles. The molecule has 1 rings (SSSR count). The van der Waals surface area contributed by atoms with Gasteiger partial charge in [-0.15, -0.1) is 0 Å². The van der Waals surface area contributed by atoms with E-state index in [2.05, 4.69) is 17.6 Å². The number of ether oxygens (including phenoxy) is 1. The van der Waals surface area contributed by atoms with Crippen LogP contribution in [-0.4, -0.2) is 32.7 Å². The quantitative estimate of drug-likeness (QED) is 0.668. The molecule has 0 radical (unpaired) electrons. The summed E-state index contributed by atoms with van der Waals surface area (Å²) in [5, 5.41) is 6.14. The van der Waals surface area contributed by atoms with Gasteiger partial charge in [0.2, 0.25) is 5.91 Å². The molecule has 1 aromatic rings. The summed E-state index contributed by atoms with van der Waals surface area (Å²) in [5.41, 5.74) is 1.12. The van der Waals surface area contributed by atoms with Crippen molar-refractivity contribution in [3.05, 3.63) is 29.8 Å². The summed E-state index contributed by atoms with van der Waals surface area (Å²) in [7, 11) is 1.66. The first-order chi connectivity index (χ1) is 9.27. The van der Waals surface area contributed by atoms with Gasteiger partial charge in [0.05, 0.1) is 7.11 Å². The van der Waals surface area contributed by atoms with Crippen molar-refractivity contribution in [1.82, 2.24) is 10.6 Å². The van der Waals surface area contributed by atoms with Crippen LogP contribution >= 0.6 is 0 Å². The highest BCUT2D eigenvalue weighted by Gasteiger charge is 2.03. The van der Waals surface area contributed by atoms with Gasteiger partial charge in [-0.1, -0.05) is 25.1 Å². The van der Waals surface area contributed by atoms with Crippen LogP contribution in [-0.2, 0) is 11.2 Å². The maximum Gasteiger partial charge on any atom is 0.221 e. The molecule has 1 aromatic carbocycles. The molecule has 4 nitrogen and oxygen atoms in total. The predicted molar refractivity (Wildman–Crippen MR) is 77.5 cm³/mol. The largest absolute Gasteiger partial charge is 0.496 e. The minimum atomic E-state index is 0.0958. The fraction of sp³-hybridized carbons (Fsp3) is 0.533. The minimum absolute atomic E-state index is 0.0958. The molecular formula is C15H24N2O2.